The fraction of sp³-hybridized carbons (Fsp3) is 0.909. The molecule has 1 fully saturated rings. The zero-order valence-corrected chi connectivity index (χ0v) is 10.1. The van der Waals surface area contributed by atoms with Crippen molar-refractivity contribution >= 4 is 5.97 Å². The third-order valence-electron chi connectivity index (χ3n) is 1.98. The van der Waals surface area contributed by atoms with Gasteiger partial charge in [0.05, 0.1) is 0 Å². The Balaban J connectivity index is 0.000000336. The van der Waals surface area contributed by atoms with Crippen molar-refractivity contribution < 1.29 is 14.4 Å². The van der Waals surface area contributed by atoms with E-state index >= 15 is 0 Å². The first-order chi connectivity index (χ1) is 7.20. The lowest BCUT2D eigenvalue weighted by Crippen LogP contribution is -2.31. The van der Waals surface area contributed by atoms with E-state index in [4.69, 9.17) is 9.57 Å². The minimum atomic E-state index is -0.207. The summed E-state index contributed by atoms with van der Waals surface area (Å²) in [6.45, 7) is 8.91. The smallest absolute Gasteiger partial charge is 0.322 e. The fourth-order valence-corrected chi connectivity index (χ4v) is 1.34. The molecule has 4 nitrogen and oxygen atoms in total. The highest BCUT2D eigenvalue weighted by Crippen LogP contribution is 2.08. The van der Waals surface area contributed by atoms with Crippen LogP contribution in [0.4, 0.5) is 0 Å². The maximum atomic E-state index is 10.4. The van der Waals surface area contributed by atoms with Crippen molar-refractivity contribution in [3.05, 3.63) is 0 Å². The molecular formula is C11H23NO3. The second kappa shape index (κ2) is 9.93. The number of ether oxygens (including phenoxy) is 1. The van der Waals surface area contributed by atoms with E-state index in [1.54, 1.807) is 5.06 Å². The Bertz CT molecular complexity index is 154. The zero-order chi connectivity index (χ0) is 11.5. The number of rotatable bonds is 3. The Hall–Kier alpha value is -0.610. The molecule has 90 valence electrons. The van der Waals surface area contributed by atoms with Crippen LogP contribution in [0.5, 0.6) is 0 Å². The molecule has 1 rings (SSSR count). The third-order valence-corrected chi connectivity index (χ3v) is 1.98. The van der Waals surface area contributed by atoms with E-state index < -0.39 is 0 Å². The predicted octanol–water partition coefficient (Wildman–Crippen LogP) is 1.99. The Morgan fingerprint density at radius 3 is 2.00 bits per heavy atom. The Morgan fingerprint density at radius 1 is 1.13 bits per heavy atom. The first-order valence-corrected chi connectivity index (χ1v) is 5.71. The molecule has 0 unspecified atom stereocenters. The number of hydroxylamine groups is 2. The van der Waals surface area contributed by atoms with Crippen LogP contribution in [0.25, 0.3) is 0 Å². The standard InChI is InChI=1S/C7H13NO2.C4H10O/c1-7(9)10-8-5-3-2-4-6-8;1-3-5-4-2/h2-6H2,1H3;3-4H2,1-2H3. The highest BCUT2D eigenvalue weighted by atomic mass is 16.7. The first-order valence-electron chi connectivity index (χ1n) is 5.71. The topological polar surface area (TPSA) is 38.8 Å². The Labute approximate surface area is 92.5 Å². The molecule has 0 aromatic carbocycles. The van der Waals surface area contributed by atoms with Crippen molar-refractivity contribution in [2.75, 3.05) is 26.3 Å². The van der Waals surface area contributed by atoms with Gasteiger partial charge in [0.15, 0.2) is 0 Å². The molecule has 15 heavy (non-hydrogen) atoms. The van der Waals surface area contributed by atoms with Crippen LogP contribution in [-0.2, 0) is 14.4 Å². The van der Waals surface area contributed by atoms with Crippen molar-refractivity contribution in [3.63, 3.8) is 0 Å². The lowest BCUT2D eigenvalue weighted by molar-refractivity contribution is -0.191. The normalized spacial score (nSPS) is 16.5. The highest BCUT2D eigenvalue weighted by molar-refractivity contribution is 5.65. The Morgan fingerprint density at radius 2 is 1.67 bits per heavy atom. The van der Waals surface area contributed by atoms with Gasteiger partial charge in [-0.15, -0.1) is 5.06 Å². The van der Waals surface area contributed by atoms with Crippen molar-refractivity contribution in [1.29, 1.82) is 0 Å². The minimum Gasteiger partial charge on any atom is -0.382 e. The predicted molar refractivity (Wildman–Crippen MR) is 59.4 cm³/mol. The summed E-state index contributed by atoms with van der Waals surface area (Å²) in [5.41, 5.74) is 0. The van der Waals surface area contributed by atoms with Gasteiger partial charge < -0.3 is 9.57 Å². The molecule has 0 saturated carbocycles. The fourth-order valence-electron chi connectivity index (χ4n) is 1.34. The van der Waals surface area contributed by atoms with E-state index in [0.717, 1.165) is 39.1 Å². The molecule has 1 heterocycles. The van der Waals surface area contributed by atoms with Gasteiger partial charge in [-0.1, -0.05) is 6.42 Å². The van der Waals surface area contributed by atoms with Crippen LogP contribution >= 0.6 is 0 Å². The van der Waals surface area contributed by atoms with E-state index in [1.807, 2.05) is 13.8 Å². The molecule has 0 spiro atoms. The minimum absolute atomic E-state index is 0.207. The molecule has 0 aliphatic carbocycles. The summed E-state index contributed by atoms with van der Waals surface area (Å²) >= 11 is 0. The highest BCUT2D eigenvalue weighted by Gasteiger charge is 2.11. The summed E-state index contributed by atoms with van der Waals surface area (Å²) < 4.78 is 4.83. The van der Waals surface area contributed by atoms with Gasteiger partial charge >= 0.3 is 5.97 Å². The van der Waals surface area contributed by atoms with Gasteiger partial charge in [0.2, 0.25) is 0 Å². The van der Waals surface area contributed by atoms with Gasteiger partial charge in [-0.2, -0.15) is 0 Å². The lowest BCUT2D eigenvalue weighted by atomic mass is 10.2. The van der Waals surface area contributed by atoms with Crippen molar-refractivity contribution in [2.24, 2.45) is 0 Å². The van der Waals surface area contributed by atoms with Gasteiger partial charge in [-0.25, -0.2) is 0 Å². The number of piperidine rings is 1. The van der Waals surface area contributed by atoms with E-state index in [9.17, 15) is 4.79 Å². The largest absolute Gasteiger partial charge is 0.382 e. The van der Waals surface area contributed by atoms with Crippen LogP contribution in [0, 0.1) is 0 Å². The summed E-state index contributed by atoms with van der Waals surface area (Å²) in [6.07, 6.45) is 3.55. The van der Waals surface area contributed by atoms with Crippen LogP contribution in [0.2, 0.25) is 0 Å². The summed E-state index contributed by atoms with van der Waals surface area (Å²) in [7, 11) is 0. The molecule has 0 amide bonds. The maximum absolute atomic E-state index is 10.4. The molecule has 0 aromatic rings. The molecule has 1 aliphatic rings. The third kappa shape index (κ3) is 9.69. The second-order valence-corrected chi connectivity index (χ2v) is 3.35. The van der Waals surface area contributed by atoms with Crippen LogP contribution in [-0.4, -0.2) is 37.3 Å². The zero-order valence-electron chi connectivity index (χ0n) is 10.1. The summed E-state index contributed by atoms with van der Waals surface area (Å²) in [5.74, 6) is -0.207. The lowest BCUT2D eigenvalue weighted by Gasteiger charge is -2.23. The van der Waals surface area contributed by atoms with Crippen LogP contribution < -0.4 is 0 Å². The van der Waals surface area contributed by atoms with Gasteiger partial charge in [0.25, 0.3) is 0 Å². The molecule has 4 heteroatoms. The van der Waals surface area contributed by atoms with E-state index in [0.29, 0.717) is 0 Å². The van der Waals surface area contributed by atoms with Crippen LogP contribution in [0.1, 0.15) is 40.0 Å². The summed E-state index contributed by atoms with van der Waals surface area (Å²) in [4.78, 5) is 15.3. The average molecular weight is 217 g/mol. The molecule has 0 N–H and O–H groups in total. The quantitative estimate of drug-likeness (QED) is 0.724. The average Bonchev–Trinajstić information content (AvgIpc) is 2.20. The van der Waals surface area contributed by atoms with Crippen LogP contribution in [0.3, 0.4) is 0 Å². The number of nitrogens with zero attached hydrogens (tertiary/aromatic N) is 1. The van der Waals surface area contributed by atoms with Crippen LogP contribution in [0.15, 0.2) is 0 Å². The maximum Gasteiger partial charge on any atom is 0.322 e. The molecule has 0 bridgehead atoms. The molecule has 1 aliphatic heterocycles. The number of hydrogen-bond acceptors (Lipinski definition) is 4. The number of carbonyl (C=O) groups is 1. The van der Waals surface area contributed by atoms with Crippen molar-refractivity contribution in [3.8, 4) is 0 Å². The number of carbonyl (C=O) groups excluding carboxylic acids is 1. The second-order valence-electron chi connectivity index (χ2n) is 3.35. The molecule has 0 aromatic heterocycles. The van der Waals surface area contributed by atoms with E-state index in [1.165, 1.54) is 13.3 Å². The molecule has 1 saturated heterocycles. The SMILES string of the molecule is CC(=O)ON1CCCCC1.CCOCC. The van der Waals surface area contributed by atoms with Gasteiger partial charge in [-0.05, 0) is 26.7 Å². The van der Waals surface area contributed by atoms with Crippen molar-refractivity contribution in [2.45, 2.75) is 40.0 Å². The number of hydrogen-bond donors (Lipinski definition) is 0. The Kier molecular flexibility index (Phi) is 9.52. The van der Waals surface area contributed by atoms with Gasteiger partial charge in [0, 0.05) is 33.2 Å². The van der Waals surface area contributed by atoms with E-state index in [-0.39, 0.29) is 5.97 Å². The molecule has 0 atom stereocenters. The van der Waals surface area contributed by atoms with Crippen molar-refractivity contribution in [1.82, 2.24) is 5.06 Å². The monoisotopic (exact) mass is 217 g/mol. The van der Waals surface area contributed by atoms with Gasteiger partial charge in [-0.3, -0.25) is 4.79 Å². The first kappa shape index (κ1) is 14.4. The molecule has 0 radical (unpaired) electrons. The molecular weight excluding hydrogens is 194 g/mol. The summed E-state index contributed by atoms with van der Waals surface area (Å²) in [5, 5.41) is 1.74. The summed E-state index contributed by atoms with van der Waals surface area (Å²) in [6, 6.07) is 0. The van der Waals surface area contributed by atoms with E-state index in [2.05, 4.69) is 0 Å². The van der Waals surface area contributed by atoms with Gasteiger partial charge in [0.1, 0.15) is 0 Å².